The summed E-state index contributed by atoms with van der Waals surface area (Å²) in [6.45, 7) is 2.83. The highest BCUT2D eigenvalue weighted by Crippen LogP contribution is 2.39. The van der Waals surface area contributed by atoms with Crippen LogP contribution in [0, 0.1) is 16.7 Å². The molecule has 2 saturated heterocycles. The van der Waals surface area contributed by atoms with Gasteiger partial charge in [-0.15, -0.1) is 0 Å². The van der Waals surface area contributed by atoms with Crippen molar-refractivity contribution in [2.45, 2.75) is 62.6 Å². The maximum Gasteiger partial charge on any atom is 0.260 e. The predicted octanol–water partition coefficient (Wildman–Crippen LogP) is 2.61. The number of amides is 1. The third-order valence-electron chi connectivity index (χ3n) is 7.68. The van der Waals surface area contributed by atoms with Gasteiger partial charge in [0, 0.05) is 19.1 Å². The second-order valence-corrected chi connectivity index (χ2v) is 9.80. The van der Waals surface area contributed by atoms with Crippen molar-refractivity contribution in [3.63, 3.8) is 0 Å². The standard InChI is InChI=1S/C25H33N3O4/c26-14-25(16-30-17-25)15-27-21-5-3-11-28-22(21)12-31-19-9-7-18(8-10-19)20-4-1-2-6-23(20)32-13-24(28)29/h1-2,4,6,18-19,21-22,27H,3,5,7-13,15-17H2/t18?,19?,21-,22-/m0/s1. The van der Waals surface area contributed by atoms with Gasteiger partial charge >= 0.3 is 0 Å². The Kier molecular flexibility index (Phi) is 6.36. The van der Waals surface area contributed by atoms with E-state index < -0.39 is 5.41 Å². The van der Waals surface area contributed by atoms with Crippen LogP contribution >= 0.6 is 0 Å². The van der Waals surface area contributed by atoms with Crippen molar-refractivity contribution in [1.82, 2.24) is 10.2 Å². The van der Waals surface area contributed by atoms with Gasteiger partial charge in [0.2, 0.25) is 0 Å². The largest absolute Gasteiger partial charge is 0.483 e. The second-order valence-electron chi connectivity index (χ2n) is 9.80. The van der Waals surface area contributed by atoms with Crippen LogP contribution in [0.3, 0.4) is 0 Å². The summed E-state index contributed by atoms with van der Waals surface area (Å²) in [4.78, 5) is 15.2. The van der Waals surface area contributed by atoms with E-state index in [1.807, 2.05) is 17.0 Å². The number of rotatable bonds is 3. The molecule has 32 heavy (non-hydrogen) atoms. The second kappa shape index (κ2) is 9.38. The molecule has 1 saturated carbocycles. The zero-order valence-electron chi connectivity index (χ0n) is 18.6. The molecular weight excluding hydrogens is 406 g/mol. The van der Waals surface area contributed by atoms with Crippen LogP contribution in [-0.2, 0) is 14.3 Å². The molecule has 7 nitrogen and oxygen atoms in total. The number of nitrogens with one attached hydrogen (secondary N) is 1. The number of fused-ring (bicyclic) bond motifs is 5. The number of carbonyl (C=O) groups is 1. The Bertz CT molecular complexity index is 857. The third-order valence-corrected chi connectivity index (χ3v) is 7.68. The summed E-state index contributed by atoms with van der Waals surface area (Å²) in [5.41, 5.74) is 0.777. The molecule has 2 bridgehead atoms. The molecular formula is C25H33N3O4. The van der Waals surface area contributed by atoms with Crippen molar-refractivity contribution in [2.24, 2.45) is 5.41 Å². The number of benzene rings is 1. The molecule has 0 unspecified atom stereocenters. The Morgan fingerprint density at radius 2 is 1.97 bits per heavy atom. The molecule has 5 aliphatic rings. The highest BCUT2D eigenvalue weighted by molar-refractivity contribution is 5.78. The lowest BCUT2D eigenvalue weighted by Gasteiger charge is -2.44. The highest BCUT2D eigenvalue weighted by Gasteiger charge is 2.42. The van der Waals surface area contributed by atoms with Crippen LogP contribution in [0.4, 0.5) is 0 Å². The molecule has 0 radical (unpaired) electrons. The fourth-order valence-corrected chi connectivity index (χ4v) is 5.64. The van der Waals surface area contributed by atoms with E-state index in [1.54, 1.807) is 0 Å². The van der Waals surface area contributed by atoms with Crippen LogP contribution in [0.2, 0.25) is 0 Å². The highest BCUT2D eigenvalue weighted by atomic mass is 16.5. The number of piperidine rings is 1. The number of ether oxygens (including phenoxy) is 3. The molecule has 4 aliphatic heterocycles. The summed E-state index contributed by atoms with van der Waals surface area (Å²) in [5.74, 6) is 1.31. The lowest BCUT2D eigenvalue weighted by atomic mass is 9.82. The molecule has 1 N–H and O–H groups in total. The molecule has 0 spiro atoms. The van der Waals surface area contributed by atoms with Crippen molar-refractivity contribution in [3.05, 3.63) is 29.8 Å². The predicted molar refractivity (Wildman–Crippen MR) is 118 cm³/mol. The lowest BCUT2D eigenvalue weighted by Crippen LogP contribution is -2.61. The summed E-state index contributed by atoms with van der Waals surface area (Å²) in [7, 11) is 0. The smallest absolute Gasteiger partial charge is 0.260 e. The molecule has 7 heteroatoms. The minimum atomic E-state index is -0.443. The van der Waals surface area contributed by atoms with Crippen LogP contribution in [-0.4, -0.2) is 68.5 Å². The average molecular weight is 440 g/mol. The van der Waals surface area contributed by atoms with Crippen LogP contribution in [0.25, 0.3) is 0 Å². The van der Waals surface area contributed by atoms with Gasteiger partial charge in [-0.2, -0.15) is 5.26 Å². The van der Waals surface area contributed by atoms with Gasteiger partial charge in [-0.25, -0.2) is 0 Å². The number of nitrogens with zero attached hydrogens (tertiary/aromatic N) is 2. The number of hydrogen-bond acceptors (Lipinski definition) is 6. The van der Waals surface area contributed by atoms with Crippen molar-refractivity contribution >= 4 is 5.91 Å². The van der Waals surface area contributed by atoms with E-state index in [0.29, 0.717) is 32.3 Å². The molecule has 1 aromatic rings. The molecule has 1 aromatic carbocycles. The maximum absolute atomic E-state index is 13.3. The molecule has 172 valence electrons. The average Bonchev–Trinajstić information content (AvgIpc) is 2.82. The fourth-order valence-electron chi connectivity index (χ4n) is 5.64. The molecule has 3 fully saturated rings. The van der Waals surface area contributed by atoms with Gasteiger partial charge in [-0.1, -0.05) is 18.2 Å². The van der Waals surface area contributed by atoms with E-state index in [9.17, 15) is 10.1 Å². The Labute approximate surface area is 190 Å². The number of hydrogen-bond donors (Lipinski definition) is 1. The van der Waals surface area contributed by atoms with E-state index in [-0.39, 0.29) is 30.7 Å². The Morgan fingerprint density at radius 1 is 1.16 bits per heavy atom. The summed E-state index contributed by atoms with van der Waals surface area (Å²) in [6, 6.07) is 10.6. The van der Waals surface area contributed by atoms with Crippen molar-refractivity contribution in [3.8, 4) is 11.8 Å². The summed E-state index contributed by atoms with van der Waals surface area (Å²) in [5, 5.41) is 13.2. The van der Waals surface area contributed by atoms with E-state index in [2.05, 4.69) is 23.5 Å². The Morgan fingerprint density at radius 3 is 2.72 bits per heavy atom. The van der Waals surface area contributed by atoms with Crippen molar-refractivity contribution in [1.29, 1.82) is 5.26 Å². The summed E-state index contributed by atoms with van der Waals surface area (Å²) in [6.07, 6.45) is 6.37. The van der Waals surface area contributed by atoms with Gasteiger partial charge in [0.25, 0.3) is 5.91 Å². The fraction of sp³-hybridized carbons (Fsp3) is 0.680. The number of para-hydroxylation sites is 1. The van der Waals surface area contributed by atoms with E-state index in [0.717, 1.165) is 50.8 Å². The van der Waals surface area contributed by atoms with Gasteiger partial charge in [-0.05, 0) is 56.1 Å². The molecule has 1 amide bonds. The molecule has 6 rings (SSSR count). The number of nitriles is 1. The number of carbonyl (C=O) groups excluding carboxylic acids is 1. The molecule has 2 atom stereocenters. The van der Waals surface area contributed by atoms with Crippen LogP contribution in [0.1, 0.15) is 50.0 Å². The lowest BCUT2D eigenvalue weighted by molar-refractivity contribution is -0.141. The van der Waals surface area contributed by atoms with Gasteiger partial charge < -0.3 is 24.4 Å². The quantitative estimate of drug-likeness (QED) is 0.780. The zero-order chi connectivity index (χ0) is 22.0. The summed E-state index contributed by atoms with van der Waals surface area (Å²) >= 11 is 0. The Balaban J connectivity index is 1.35. The topological polar surface area (TPSA) is 83.8 Å². The van der Waals surface area contributed by atoms with Gasteiger partial charge in [-0.3, -0.25) is 4.79 Å². The first-order valence-corrected chi connectivity index (χ1v) is 12.0. The molecule has 0 aromatic heterocycles. The first-order chi connectivity index (χ1) is 15.7. The Hall–Kier alpha value is -2.14. The normalized spacial score (nSPS) is 32.1. The van der Waals surface area contributed by atoms with E-state index in [1.165, 1.54) is 5.56 Å². The molecule has 1 aliphatic carbocycles. The SMILES string of the molecule is N#CC1(CN[C@H]2CCCN3C(=O)COc4ccccc4C4CCC(CC4)OC[C@@H]23)COC1. The van der Waals surface area contributed by atoms with Crippen molar-refractivity contribution in [2.75, 3.05) is 39.5 Å². The van der Waals surface area contributed by atoms with Gasteiger partial charge in [0.15, 0.2) is 6.61 Å². The van der Waals surface area contributed by atoms with E-state index in [4.69, 9.17) is 14.2 Å². The monoisotopic (exact) mass is 439 g/mol. The van der Waals surface area contributed by atoms with E-state index >= 15 is 0 Å². The summed E-state index contributed by atoms with van der Waals surface area (Å²) < 4.78 is 17.8. The minimum absolute atomic E-state index is 0.00784. The first kappa shape index (κ1) is 21.7. The van der Waals surface area contributed by atoms with Crippen LogP contribution in [0.15, 0.2) is 24.3 Å². The third kappa shape index (κ3) is 4.36. The minimum Gasteiger partial charge on any atom is -0.483 e. The zero-order valence-corrected chi connectivity index (χ0v) is 18.6. The maximum atomic E-state index is 13.3. The van der Waals surface area contributed by atoms with Crippen LogP contribution < -0.4 is 10.1 Å². The van der Waals surface area contributed by atoms with Gasteiger partial charge in [0.05, 0.1) is 38.0 Å². The van der Waals surface area contributed by atoms with Gasteiger partial charge in [0.1, 0.15) is 11.2 Å². The molecule has 4 heterocycles. The first-order valence-electron chi connectivity index (χ1n) is 12.0. The van der Waals surface area contributed by atoms with Crippen LogP contribution in [0.5, 0.6) is 5.75 Å². The van der Waals surface area contributed by atoms with Crippen molar-refractivity contribution < 1.29 is 19.0 Å².